The van der Waals surface area contributed by atoms with Crippen LogP contribution in [0.2, 0.25) is 5.02 Å². The van der Waals surface area contributed by atoms with Crippen LogP contribution in [-0.4, -0.2) is 35.0 Å². The number of likely N-dealkylation sites (tertiary alicyclic amines) is 1. The third-order valence-corrected chi connectivity index (χ3v) is 7.79. The lowest BCUT2D eigenvalue weighted by molar-refractivity contribution is -0.147. The Balaban J connectivity index is 1.24. The number of hydrogen-bond donors (Lipinski definition) is 2. The predicted octanol–water partition coefficient (Wildman–Crippen LogP) is 3.96. The second kappa shape index (κ2) is 7.99. The summed E-state index contributed by atoms with van der Waals surface area (Å²) in [6, 6.07) is 17.7. The summed E-state index contributed by atoms with van der Waals surface area (Å²) in [5.74, 6) is 0.730. The average molecular weight is 425 g/mol. The minimum atomic E-state index is -1.42. The molecule has 2 aliphatic carbocycles. The van der Waals surface area contributed by atoms with Crippen molar-refractivity contribution in [2.45, 2.75) is 43.9 Å². The molecule has 158 valence electrons. The Bertz CT molecular complexity index is 902. The van der Waals surface area contributed by atoms with E-state index in [0.29, 0.717) is 11.8 Å². The second-order valence-corrected chi connectivity index (χ2v) is 9.63. The Labute approximate surface area is 183 Å². The van der Waals surface area contributed by atoms with Gasteiger partial charge >= 0.3 is 0 Å². The van der Waals surface area contributed by atoms with Gasteiger partial charge in [-0.15, -0.1) is 0 Å². The molecule has 2 aromatic rings. The maximum Gasteiger partial charge on any atom is 0.257 e. The fourth-order valence-electron chi connectivity index (χ4n) is 5.67. The number of piperidine rings is 1. The van der Waals surface area contributed by atoms with Crippen LogP contribution in [0.4, 0.5) is 0 Å². The van der Waals surface area contributed by atoms with Gasteiger partial charge in [0.2, 0.25) is 0 Å². The van der Waals surface area contributed by atoms with Crippen LogP contribution in [0.1, 0.15) is 36.8 Å². The largest absolute Gasteiger partial charge is 0.375 e. The molecule has 4 atom stereocenters. The number of rotatable bonds is 6. The molecular formula is C25H29ClN2O2. The Hall–Kier alpha value is -1.88. The SMILES string of the molecule is O=C(N[C@H]1C2CN(Cc3ccccc3Cl)C[C@@H]21)C(O)(c1ccccc1)C1CCCC1. The van der Waals surface area contributed by atoms with E-state index in [1.165, 1.54) is 0 Å². The van der Waals surface area contributed by atoms with E-state index in [0.717, 1.165) is 61.5 Å². The number of nitrogens with one attached hydrogen (secondary N) is 1. The molecule has 1 saturated heterocycles. The molecule has 1 amide bonds. The predicted molar refractivity (Wildman–Crippen MR) is 118 cm³/mol. The van der Waals surface area contributed by atoms with Gasteiger partial charge in [0, 0.05) is 36.6 Å². The number of aliphatic hydroxyl groups is 1. The van der Waals surface area contributed by atoms with Crippen molar-refractivity contribution >= 4 is 17.5 Å². The van der Waals surface area contributed by atoms with Crippen LogP contribution in [0.3, 0.4) is 0 Å². The zero-order valence-corrected chi connectivity index (χ0v) is 17.9. The summed E-state index contributed by atoms with van der Waals surface area (Å²) < 4.78 is 0. The summed E-state index contributed by atoms with van der Waals surface area (Å²) in [5, 5.41) is 15.7. The normalized spacial score (nSPS) is 28.1. The summed E-state index contributed by atoms with van der Waals surface area (Å²) in [5.41, 5.74) is 0.451. The number of carbonyl (C=O) groups is 1. The lowest BCUT2D eigenvalue weighted by atomic mass is 9.79. The van der Waals surface area contributed by atoms with E-state index in [4.69, 9.17) is 11.6 Å². The highest BCUT2D eigenvalue weighted by atomic mass is 35.5. The summed E-state index contributed by atoms with van der Waals surface area (Å²) in [4.78, 5) is 15.8. The van der Waals surface area contributed by atoms with Crippen molar-refractivity contribution in [3.8, 4) is 0 Å². The van der Waals surface area contributed by atoms with Crippen LogP contribution in [0.5, 0.6) is 0 Å². The number of hydrogen-bond acceptors (Lipinski definition) is 3. The second-order valence-electron chi connectivity index (χ2n) is 9.23. The van der Waals surface area contributed by atoms with Crippen molar-refractivity contribution in [3.63, 3.8) is 0 Å². The van der Waals surface area contributed by atoms with Gasteiger partial charge in [-0.25, -0.2) is 0 Å². The molecule has 30 heavy (non-hydrogen) atoms. The monoisotopic (exact) mass is 424 g/mol. The van der Waals surface area contributed by atoms with Gasteiger partial charge in [-0.05, 0) is 41.9 Å². The quantitative estimate of drug-likeness (QED) is 0.737. The minimum Gasteiger partial charge on any atom is -0.375 e. The summed E-state index contributed by atoms with van der Waals surface area (Å²) in [7, 11) is 0. The maximum absolute atomic E-state index is 13.4. The number of halogens is 1. The highest BCUT2D eigenvalue weighted by molar-refractivity contribution is 6.31. The van der Waals surface area contributed by atoms with Crippen LogP contribution in [-0.2, 0) is 16.9 Å². The Kier molecular flexibility index (Phi) is 5.34. The Morgan fingerprint density at radius 2 is 1.67 bits per heavy atom. The molecule has 4 nitrogen and oxygen atoms in total. The fourth-order valence-corrected chi connectivity index (χ4v) is 5.87. The van der Waals surface area contributed by atoms with Gasteiger partial charge in [0.05, 0.1) is 0 Å². The first kappa shape index (κ1) is 20.0. The van der Waals surface area contributed by atoms with Gasteiger partial charge in [-0.2, -0.15) is 0 Å². The molecule has 0 radical (unpaired) electrons. The van der Waals surface area contributed by atoms with Crippen LogP contribution in [0.25, 0.3) is 0 Å². The molecule has 3 fully saturated rings. The standard InChI is InChI=1S/C25H29ClN2O2/c26-22-13-7-4-8-17(22)14-28-15-20-21(16-28)23(20)27-24(29)25(30,19-11-5-6-12-19)18-9-2-1-3-10-18/h1-4,7-10,13,19-21,23,30H,5-6,11-12,14-16H2,(H,27,29)/t20-,21?,23+,25?/m0/s1. The van der Waals surface area contributed by atoms with E-state index in [1.807, 2.05) is 48.5 Å². The molecule has 0 aromatic heterocycles. The van der Waals surface area contributed by atoms with Crippen molar-refractivity contribution in [1.82, 2.24) is 10.2 Å². The maximum atomic E-state index is 13.4. The molecule has 2 N–H and O–H groups in total. The van der Waals surface area contributed by atoms with Gasteiger partial charge in [0.15, 0.2) is 5.60 Å². The van der Waals surface area contributed by atoms with Crippen molar-refractivity contribution in [2.24, 2.45) is 17.8 Å². The van der Waals surface area contributed by atoms with Crippen molar-refractivity contribution in [2.75, 3.05) is 13.1 Å². The van der Waals surface area contributed by atoms with E-state index >= 15 is 0 Å². The molecular weight excluding hydrogens is 396 g/mol. The van der Waals surface area contributed by atoms with Crippen LogP contribution >= 0.6 is 11.6 Å². The zero-order chi connectivity index (χ0) is 20.7. The lowest BCUT2D eigenvalue weighted by Gasteiger charge is -2.33. The Morgan fingerprint density at radius 1 is 1.03 bits per heavy atom. The van der Waals surface area contributed by atoms with Crippen LogP contribution in [0, 0.1) is 17.8 Å². The van der Waals surface area contributed by atoms with Crippen molar-refractivity contribution < 1.29 is 9.90 Å². The van der Waals surface area contributed by atoms with Gasteiger partial charge in [0.1, 0.15) is 0 Å². The van der Waals surface area contributed by atoms with E-state index in [1.54, 1.807) is 0 Å². The number of carbonyl (C=O) groups excluding carboxylic acids is 1. The van der Waals surface area contributed by atoms with E-state index in [2.05, 4.69) is 16.3 Å². The summed E-state index contributed by atoms with van der Waals surface area (Å²) in [6.07, 6.45) is 3.97. The Morgan fingerprint density at radius 3 is 2.33 bits per heavy atom. The molecule has 1 heterocycles. The first-order chi connectivity index (χ1) is 14.6. The zero-order valence-electron chi connectivity index (χ0n) is 17.1. The lowest BCUT2D eigenvalue weighted by Crippen LogP contribution is -2.50. The molecule has 2 aromatic carbocycles. The van der Waals surface area contributed by atoms with Crippen molar-refractivity contribution in [3.05, 3.63) is 70.7 Å². The smallest absolute Gasteiger partial charge is 0.257 e. The van der Waals surface area contributed by atoms with Crippen molar-refractivity contribution in [1.29, 1.82) is 0 Å². The molecule has 0 spiro atoms. The third kappa shape index (κ3) is 3.55. The molecule has 5 rings (SSSR count). The van der Waals surface area contributed by atoms with Crippen LogP contribution < -0.4 is 5.32 Å². The van der Waals surface area contributed by atoms with Gasteiger partial charge < -0.3 is 10.4 Å². The number of amides is 1. The fraction of sp³-hybridized carbons (Fsp3) is 0.480. The molecule has 2 unspecified atom stereocenters. The number of fused-ring (bicyclic) bond motifs is 1. The van der Waals surface area contributed by atoms with Gasteiger partial charge in [0.25, 0.3) is 5.91 Å². The van der Waals surface area contributed by atoms with Crippen LogP contribution in [0.15, 0.2) is 54.6 Å². The molecule has 2 saturated carbocycles. The third-order valence-electron chi connectivity index (χ3n) is 7.43. The molecule has 1 aliphatic heterocycles. The first-order valence-electron chi connectivity index (χ1n) is 11.1. The molecule has 3 aliphatic rings. The first-order valence-corrected chi connectivity index (χ1v) is 11.5. The highest BCUT2D eigenvalue weighted by Gasteiger charge is 2.58. The summed E-state index contributed by atoms with van der Waals surface area (Å²) in [6.45, 7) is 2.78. The minimum absolute atomic E-state index is 0.00443. The number of benzene rings is 2. The average Bonchev–Trinajstić information content (AvgIpc) is 3.18. The van der Waals surface area contributed by atoms with E-state index < -0.39 is 5.60 Å². The van der Waals surface area contributed by atoms with Gasteiger partial charge in [-0.1, -0.05) is 73.0 Å². The summed E-state index contributed by atoms with van der Waals surface area (Å²) >= 11 is 6.31. The topological polar surface area (TPSA) is 52.6 Å². The number of nitrogens with zero attached hydrogens (tertiary/aromatic N) is 1. The van der Waals surface area contributed by atoms with E-state index in [-0.39, 0.29) is 17.9 Å². The highest BCUT2D eigenvalue weighted by Crippen LogP contribution is 2.47. The molecule has 5 heteroatoms. The molecule has 0 bridgehead atoms. The van der Waals surface area contributed by atoms with E-state index in [9.17, 15) is 9.90 Å². The van der Waals surface area contributed by atoms with Gasteiger partial charge in [-0.3, -0.25) is 9.69 Å².